The number of rotatable bonds is 5. The van der Waals surface area contributed by atoms with Gasteiger partial charge >= 0.3 is 0 Å². The summed E-state index contributed by atoms with van der Waals surface area (Å²) < 4.78 is 0. The highest BCUT2D eigenvalue weighted by Crippen LogP contribution is 2.14. The Bertz CT molecular complexity index is 392. The molecule has 0 unspecified atom stereocenters. The molecule has 0 aromatic carbocycles. The molecule has 0 radical (unpaired) electrons. The molecule has 0 saturated heterocycles. The Hall–Kier alpha value is -0.710. The predicted molar refractivity (Wildman–Crippen MR) is 66.6 cm³/mol. The highest BCUT2D eigenvalue weighted by atomic mass is 32.1. The lowest BCUT2D eigenvalue weighted by molar-refractivity contribution is 0.686. The zero-order valence-corrected chi connectivity index (χ0v) is 10.3. The summed E-state index contributed by atoms with van der Waals surface area (Å²) in [5.41, 5.74) is 4.47. The summed E-state index contributed by atoms with van der Waals surface area (Å²) in [6, 6.07) is 2.17. The van der Waals surface area contributed by atoms with Crippen molar-refractivity contribution in [2.75, 3.05) is 6.54 Å². The maximum absolute atomic E-state index is 4.25. The van der Waals surface area contributed by atoms with E-state index in [4.69, 9.17) is 0 Å². The molecule has 0 amide bonds. The first-order valence-electron chi connectivity index (χ1n) is 4.97. The summed E-state index contributed by atoms with van der Waals surface area (Å²) in [7, 11) is 0. The van der Waals surface area contributed by atoms with Crippen molar-refractivity contribution < 1.29 is 0 Å². The number of aryl methyl sites for hydroxylation is 1. The van der Waals surface area contributed by atoms with Crippen LogP contribution in [0.15, 0.2) is 22.3 Å². The summed E-state index contributed by atoms with van der Waals surface area (Å²) in [5, 5.41) is 7.70. The Morgan fingerprint density at radius 2 is 2.40 bits per heavy atom. The van der Waals surface area contributed by atoms with Crippen LogP contribution in [-0.2, 0) is 13.0 Å². The summed E-state index contributed by atoms with van der Waals surface area (Å²) in [5.74, 6) is 0. The highest BCUT2D eigenvalue weighted by molar-refractivity contribution is 7.10. The molecule has 1 N–H and O–H groups in total. The largest absolute Gasteiger partial charge is 0.311 e. The molecule has 0 fully saturated rings. The zero-order valence-electron chi connectivity index (χ0n) is 8.69. The Morgan fingerprint density at radius 1 is 1.47 bits per heavy atom. The first-order chi connectivity index (χ1) is 7.36. The number of aromatic nitrogens is 1. The van der Waals surface area contributed by atoms with Crippen LogP contribution in [0, 0.1) is 6.92 Å². The number of nitrogens with zero attached hydrogens (tertiary/aromatic N) is 1. The minimum absolute atomic E-state index is 0.980. The average Bonchev–Trinajstić information content (AvgIpc) is 2.85. The van der Waals surface area contributed by atoms with E-state index in [1.165, 1.54) is 16.1 Å². The predicted octanol–water partition coefficient (Wildman–Crippen LogP) is 2.85. The van der Waals surface area contributed by atoms with Crippen LogP contribution >= 0.6 is 22.7 Å². The Kier molecular flexibility index (Phi) is 3.88. The van der Waals surface area contributed by atoms with Crippen LogP contribution < -0.4 is 5.32 Å². The number of hydrogen-bond acceptors (Lipinski definition) is 4. The molecule has 0 aliphatic heterocycles. The van der Waals surface area contributed by atoms with Gasteiger partial charge in [-0.15, -0.1) is 22.7 Å². The smallest absolute Gasteiger partial charge is 0.0794 e. The molecule has 2 aromatic heterocycles. The third-order valence-electron chi connectivity index (χ3n) is 2.30. The van der Waals surface area contributed by atoms with Gasteiger partial charge in [-0.25, -0.2) is 4.98 Å². The molecule has 0 aliphatic carbocycles. The van der Waals surface area contributed by atoms with Crippen molar-refractivity contribution in [1.82, 2.24) is 10.3 Å². The van der Waals surface area contributed by atoms with Gasteiger partial charge in [-0.1, -0.05) is 0 Å². The Labute approximate surface area is 98.0 Å². The van der Waals surface area contributed by atoms with E-state index in [1.54, 1.807) is 11.3 Å². The average molecular weight is 238 g/mol. The third kappa shape index (κ3) is 3.12. The summed E-state index contributed by atoms with van der Waals surface area (Å²) in [4.78, 5) is 5.69. The Balaban J connectivity index is 1.70. The van der Waals surface area contributed by atoms with Crippen LogP contribution in [0.4, 0.5) is 0 Å². The molecule has 0 spiro atoms. The number of thiazole rings is 1. The summed E-state index contributed by atoms with van der Waals surface area (Å²) in [6.45, 7) is 4.14. The first-order valence-corrected chi connectivity index (χ1v) is 6.79. The fourth-order valence-electron chi connectivity index (χ4n) is 1.36. The van der Waals surface area contributed by atoms with Gasteiger partial charge in [-0.3, -0.25) is 0 Å². The third-order valence-corrected chi connectivity index (χ3v) is 3.95. The normalized spacial score (nSPS) is 10.7. The van der Waals surface area contributed by atoms with E-state index >= 15 is 0 Å². The van der Waals surface area contributed by atoms with E-state index in [0.717, 1.165) is 19.5 Å². The van der Waals surface area contributed by atoms with Gasteiger partial charge in [0.1, 0.15) is 0 Å². The van der Waals surface area contributed by atoms with Gasteiger partial charge in [-0.05, 0) is 23.9 Å². The van der Waals surface area contributed by atoms with E-state index in [0.29, 0.717) is 0 Å². The van der Waals surface area contributed by atoms with Gasteiger partial charge in [0.2, 0.25) is 0 Å². The van der Waals surface area contributed by atoms with E-state index < -0.39 is 0 Å². The minimum atomic E-state index is 0.980. The molecule has 2 aromatic rings. The lowest BCUT2D eigenvalue weighted by atomic mass is 10.3. The monoisotopic (exact) mass is 238 g/mol. The summed E-state index contributed by atoms with van der Waals surface area (Å²) >= 11 is 3.48. The summed E-state index contributed by atoms with van der Waals surface area (Å²) in [6.07, 6.45) is 1.02. The topological polar surface area (TPSA) is 24.9 Å². The van der Waals surface area contributed by atoms with Gasteiger partial charge in [-0.2, -0.15) is 0 Å². The molecule has 0 atom stereocenters. The van der Waals surface area contributed by atoms with E-state index in [2.05, 4.69) is 34.1 Å². The van der Waals surface area contributed by atoms with Crippen LogP contribution in [0.25, 0.3) is 0 Å². The fraction of sp³-hybridized carbons (Fsp3) is 0.364. The number of hydrogen-bond donors (Lipinski definition) is 1. The van der Waals surface area contributed by atoms with Crippen molar-refractivity contribution >= 4 is 22.7 Å². The van der Waals surface area contributed by atoms with E-state index in [1.807, 2.05) is 16.8 Å². The molecule has 2 heterocycles. The highest BCUT2D eigenvalue weighted by Gasteiger charge is 1.99. The van der Waals surface area contributed by atoms with Crippen molar-refractivity contribution in [3.05, 3.63) is 38.5 Å². The van der Waals surface area contributed by atoms with E-state index in [9.17, 15) is 0 Å². The molecule has 0 aliphatic rings. The molecule has 2 rings (SSSR count). The van der Waals surface area contributed by atoms with Gasteiger partial charge in [0.05, 0.1) is 11.2 Å². The van der Waals surface area contributed by atoms with Gasteiger partial charge in [0.15, 0.2) is 0 Å². The zero-order chi connectivity index (χ0) is 10.5. The van der Waals surface area contributed by atoms with Gasteiger partial charge < -0.3 is 5.32 Å². The molecule has 2 nitrogen and oxygen atoms in total. The van der Waals surface area contributed by atoms with Crippen molar-refractivity contribution in [1.29, 1.82) is 0 Å². The molecule has 4 heteroatoms. The quantitative estimate of drug-likeness (QED) is 0.810. The molecule has 0 saturated carbocycles. The van der Waals surface area contributed by atoms with Crippen molar-refractivity contribution in [3.8, 4) is 0 Å². The second-order valence-electron chi connectivity index (χ2n) is 3.43. The Morgan fingerprint density at radius 3 is 3.07 bits per heavy atom. The van der Waals surface area contributed by atoms with Crippen LogP contribution in [-0.4, -0.2) is 11.5 Å². The number of thiophene rings is 1. The van der Waals surface area contributed by atoms with Gasteiger partial charge in [0, 0.05) is 29.8 Å². The standard InChI is InChI=1S/C11H14N2S2/c1-9-3-5-15-11(9)6-12-4-2-10-7-14-8-13-10/h3,5,7-8,12H,2,4,6H2,1H3. The minimum Gasteiger partial charge on any atom is -0.311 e. The molecule has 15 heavy (non-hydrogen) atoms. The SMILES string of the molecule is Cc1ccsc1CNCCc1cscn1. The lowest BCUT2D eigenvalue weighted by Crippen LogP contribution is -2.16. The molecule has 80 valence electrons. The van der Waals surface area contributed by atoms with Crippen LogP contribution in [0.1, 0.15) is 16.1 Å². The first kappa shape index (κ1) is 10.8. The van der Waals surface area contributed by atoms with Gasteiger partial charge in [0.25, 0.3) is 0 Å². The number of nitrogens with one attached hydrogen (secondary N) is 1. The second kappa shape index (κ2) is 5.39. The molecule has 0 bridgehead atoms. The maximum Gasteiger partial charge on any atom is 0.0794 e. The van der Waals surface area contributed by atoms with E-state index in [-0.39, 0.29) is 0 Å². The fourth-order valence-corrected chi connectivity index (χ4v) is 2.83. The molecular weight excluding hydrogens is 224 g/mol. The van der Waals surface area contributed by atoms with Crippen molar-refractivity contribution in [3.63, 3.8) is 0 Å². The van der Waals surface area contributed by atoms with Crippen molar-refractivity contribution in [2.45, 2.75) is 19.9 Å². The van der Waals surface area contributed by atoms with Crippen LogP contribution in [0.2, 0.25) is 0 Å². The van der Waals surface area contributed by atoms with Crippen molar-refractivity contribution in [2.24, 2.45) is 0 Å². The lowest BCUT2D eigenvalue weighted by Gasteiger charge is -2.02. The maximum atomic E-state index is 4.25. The van der Waals surface area contributed by atoms with Crippen LogP contribution in [0.5, 0.6) is 0 Å². The second-order valence-corrected chi connectivity index (χ2v) is 5.15. The van der Waals surface area contributed by atoms with Crippen LogP contribution in [0.3, 0.4) is 0 Å². The molecular formula is C11H14N2S2.